The molecular weight excluding hydrogens is 1880 g/mol. The van der Waals surface area contributed by atoms with Gasteiger partial charge < -0.3 is 91.8 Å². The maximum absolute atomic E-state index is 13.0. The topological polar surface area (TPSA) is 506 Å². The molecule has 49 heteroatoms. The van der Waals surface area contributed by atoms with E-state index in [1.165, 1.54) is 79.9 Å². The summed E-state index contributed by atoms with van der Waals surface area (Å²) in [5, 5.41) is 36.9. The highest BCUT2D eigenvalue weighted by atomic mass is 35.5. The smallest absolute Gasteiger partial charge is 0.422 e. The molecule has 37 nitrogen and oxygen atoms in total. The maximum atomic E-state index is 13.0. The van der Waals surface area contributed by atoms with E-state index < -0.39 is 154 Å². The van der Waals surface area contributed by atoms with Gasteiger partial charge in [-0.2, -0.15) is 84.4 Å². The summed E-state index contributed by atoms with van der Waals surface area (Å²) in [5.74, 6) is -5.22. The van der Waals surface area contributed by atoms with Crippen LogP contribution in [0.4, 0.5) is 92.3 Å². The number of aromatic nitrogens is 9. The van der Waals surface area contributed by atoms with Crippen LogP contribution < -0.4 is 94.2 Å². The van der Waals surface area contributed by atoms with Gasteiger partial charge in [0.2, 0.25) is 46.5 Å². The second-order valence-electron chi connectivity index (χ2n) is 30.6. The first kappa shape index (κ1) is 100. The van der Waals surface area contributed by atoms with Crippen LogP contribution >= 0.6 is 34.8 Å². The molecule has 11 aromatic rings. The number of esters is 3. The number of rotatable bonds is 39. The van der Waals surface area contributed by atoms with Crippen LogP contribution in [0.1, 0.15) is 117 Å². The van der Waals surface area contributed by atoms with Crippen molar-refractivity contribution in [1.29, 1.82) is 0 Å². The molecule has 0 saturated heterocycles. The van der Waals surface area contributed by atoms with E-state index in [0.29, 0.717) is 57.8 Å². The molecule has 14 rings (SSSR count). The SMILES string of the molecule is CCOc1c(CC[C@H](NC(=O)c2ccc(Nc3nc(NC4(c5ccc(Cl)cc5)CC4)nc(OCC(F)(F)F)n3)cc2)C(=O)OC)c(=O)c1=O.COC(=O)[C@H](CCc1c(O)c(=O)c1=O)NC(=O)c1ccc(Nc2nc(NC3(c4ccc(Cl)cc4)CC3)nc(OCC(F)(F)F)n2)cc1.COC(=O)[C@H](CN)NC(=O)c1ccc(Nc2nc(NC3(c4ccc(Cl)cc4)CC3)nc(OCC(F)(F)F)n2)cc1. The Morgan fingerprint density at radius 2 is 0.669 bits per heavy atom. The lowest BCUT2D eigenvalue weighted by Crippen LogP contribution is -2.46. The zero-order valence-corrected chi connectivity index (χ0v) is 74.0. The standard InChI is InChI=1S/C32H30ClF3N6O7.C30H26ClF3N6O7.C25H25ClF3N7O4/c1-3-48-25-21(23(43)24(25)44)12-13-22(27(46)47-2)38-26(45)17-4-10-20(11-5-17)37-28-39-29(41-30(40-28)49-16-32(34,35)36)42-31(14-15-31)18-6-8-19(33)9-7-18;1-46-25(45)20(11-10-19-21(41)23(43)22(19)42)36-24(44)15-2-8-18(9-3-15)35-26-37-27(39-28(38-26)47-14-30(32,33)34)40-29(12-13-29)16-4-6-17(31)7-5-16;1-39-20(38)18(12-30)32-19(37)14-2-8-17(9-3-14)31-21-33-22(35-23(34-21)40-13-25(27,28)29)36-24(10-11-24)15-4-6-16(26)7-5-15/h4-11,22H,3,12-16H2,1-2H3,(H,38,45)(H2,37,39,40,41,42);2-9,20,41H,10-14H2,1H3,(H,36,44)(H2,35,37,38,39,40);2-9,18H,10-13,30H2,1H3,(H,32,37)(H2,31,33,34,35,36)/t22-;20-;18-/m000/s1. The molecule has 3 amide bonds. The highest BCUT2D eigenvalue weighted by Gasteiger charge is 2.48. The Balaban J connectivity index is 0.000000184. The molecule has 3 aliphatic carbocycles. The maximum Gasteiger partial charge on any atom is 0.422 e. The van der Waals surface area contributed by atoms with Crippen LogP contribution in [0.5, 0.6) is 29.5 Å². The predicted octanol–water partition coefficient (Wildman–Crippen LogP) is 11.3. The summed E-state index contributed by atoms with van der Waals surface area (Å²) in [5.41, 5.74) is 4.94. The van der Waals surface area contributed by atoms with Crippen LogP contribution in [-0.4, -0.2) is 177 Å². The van der Waals surface area contributed by atoms with Crippen LogP contribution in [0.2, 0.25) is 15.1 Å². The summed E-state index contributed by atoms with van der Waals surface area (Å²) in [7, 11) is 3.44. The number of halogens is 12. The van der Waals surface area contributed by atoms with Crippen molar-refractivity contribution in [1.82, 2.24) is 60.8 Å². The van der Waals surface area contributed by atoms with Gasteiger partial charge in [-0.3, -0.25) is 33.6 Å². The van der Waals surface area contributed by atoms with Gasteiger partial charge in [0, 0.05) is 60.9 Å². The third-order valence-electron chi connectivity index (χ3n) is 20.8. The zero-order valence-electron chi connectivity index (χ0n) is 71.7. The third kappa shape index (κ3) is 27.1. The summed E-state index contributed by atoms with van der Waals surface area (Å²) >= 11 is 18.0. The van der Waals surface area contributed by atoms with Gasteiger partial charge in [0.05, 0.1) is 50.1 Å². The quantitative estimate of drug-likeness (QED) is 0.00738. The Bertz CT molecular complexity index is 6300. The van der Waals surface area contributed by atoms with Crippen LogP contribution in [0.15, 0.2) is 165 Å². The van der Waals surface area contributed by atoms with Crippen molar-refractivity contribution < 1.29 is 107 Å². The number of nitrogens with two attached hydrogens (primary N) is 1. The molecule has 0 unspecified atom stereocenters. The number of hydrogen-bond donors (Lipinski definition) is 11. The van der Waals surface area contributed by atoms with E-state index in [0.717, 1.165) is 43.8 Å². The molecule has 716 valence electrons. The number of anilines is 9. The van der Waals surface area contributed by atoms with Gasteiger partial charge in [0.15, 0.2) is 31.3 Å². The first-order valence-electron chi connectivity index (χ1n) is 41.0. The average Bonchev–Trinajstić information content (AvgIpc) is 1.49. The van der Waals surface area contributed by atoms with Crippen molar-refractivity contribution in [3.05, 3.63) is 246 Å². The van der Waals surface area contributed by atoms with Gasteiger partial charge in [-0.25, -0.2) is 14.4 Å². The first-order chi connectivity index (χ1) is 64.6. The monoisotopic (exact) mass is 1960 g/mol. The number of amides is 3. The Hall–Kier alpha value is -14.7. The summed E-state index contributed by atoms with van der Waals surface area (Å²) in [6.45, 7) is -3.13. The fraction of sp³-hybridized carbons (Fsp3) is 0.322. The van der Waals surface area contributed by atoms with Crippen LogP contribution in [0, 0.1) is 0 Å². The molecule has 12 N–H and O–H groups in total. The van der Waals surface area contributed by atoms with Crippen LogP contribution in [0.25, 0.3) is 0 Å². The summed E-state index contributed by atoms with van der Waals surface area (Å²) in [6, 6.07) is 33.9. The fourth-order valence-corrected chi connectivity index (χ4v) is 13.7. The number of aromatic hydroxyl groups is 1. The number of methoxy groups -OCH3 is 3. The number of nitrogens with one attached hydrogen (secondary N) is 9. The van der Waals surface area contributed by atoms with Crippen LogP contribution in [-0.2, 0) is 58.1 Å². The number of alkyl halides is 9. The van der Waals surface area contributed by atoms with Crippen LogP contribution in [0.3, 0.4) is 0 Å². The van der Waals surface area contributed by atoms with E-state index >= 15 is 0 Å². The molecule has 136 heavy (non-hydrogen) atoms. The molecule has 3 heterocycles. The molecule has 0 spiro atoms. The van der Waals surface area contributed by atoms with Crippen molar-refractivity contribution in [2.24, 2.45) is 5.73 Å². The van der Waals surface area contributed by atoms with Gasteiger partial charge >= 0.3 is 54.5 Å². The van der Waals surface area contributed by atoms with E-state index in [-0.39, 0.29) is 108 Å². The second-order valence-corrected chi connectivity index (χ2v) is 31.9. The number of carbonyl (C=O) groups excluding carboxylic acids is 6. The lowest BCUT2D eigenvalue weighted by atomic mass is 10.00. The first-order valence-corrected chi connectivity index (χ1v) is 42.1. The van der Waals surface area contributed by atoms with Crippen molar-refractivity contribution in [2.45, 2.75) is 124 Å². The average molecular weight is 1960 g/mol. The van der Waals surface area contributed by atoms with Crippen molar-refractivity contribution in [3.63, 3.8) is 0 Å². The second kappa shape index (κ2) is 43.1. The normalized spacial score (nSPS) is 14.3. The minimum absolute atomic E-state index is 0.00107. The molecule has 3 aromatic heterocycles. The van der Waals surface area contributed by atoms with E-state index in [4.69, 9.17) is 69.0 Å². The minimum atomic E-state index is -4.63. The molecule has 3 aliphatic rings. The number of ether oxygens (including phenoxy) is 7. The predicted molar refractivity (Wildman–Crippen MR) is 472 cm³/mol. The summed E-state index contributed by atoms with van der Waals surface area (Å²) in [6.07, 6.45) is -9.82. The number of nitrogens with zero attached hydrogens (tertiary/aromatic N) is 9. The Kier molecular flexibility index (Phi) is 31.8. The molecule has 0 radical (unpaired) electrons. The van der Waals surface area contributed by atoms with Gasteiger partial charge in [0.1, 0.15) is 18.1 Å². The van der Waals surface area contributed by atoms with E-state index in [1.807, 2.05) is 36.4 Å². The van der Waals surface area contributed by atoms with Crippen molar-refractivity contribution >= 4 is 123 Å². The van der Waals surface area contributed by atoms with E-state index in [9.17, 15) is 92.6 Å². The zero-order chi connectivity index (χ0) is 98.2. The largest absolute Gasteiger partial charge is 0.504 e. The van der Waals surface area contributed by atoms with Gasteiger partial charge in [0.25, 0.3) is 28.6 Å². The molecule has 0 bridgehead atoms. The van der Waals surface area contributed by atoms with Crippen molar-refractivity contribution in [2.75, 3.05) is 86.2 Å². The number of hydrogen-bond acceptors (Lipinski definition) is 34. The molecule has 3 atom stereocenters. The van der Waals surface area contributed by atoms with Gasteiger partial charge in [-0.1, -0.05) is 71.2 Å². The third-order valence-corrected chi connectivity index (χ3v) is 21.6. The molecular formula is C87H81Cl3F9N19O18. The Morgan fingerprint density at radius 3 is 0.941 bits per heavy atom. The summed E-state index contributed by atoms with van der Waals surface area (Å²) < 4.78 is 149. The Morgan fingerprint density at radius 1 is 0.390 bits per heavy atom. The lowest BCUT2D eigenvalue weighted by Gasteiger charge is -2.19. The fourth-order valence-electron chi connectivity index (χ4n) is 13.4. The van der Waals surface area contributed by atoms with E-state index in [1.54, 1.807) is 43.3 Å². The molecule has 3 saturated carbocycles. The summed E-state index contributed by atoms with van der Waals surface area (Å²) in [4.78, 5) is 158. The molecule has 0 aliphatic heterocycles. The van der Waals surface area contributed by atoms with Gasteiger partial charge in [-0.05, 0) is 197 Å². The lowest BCUT2D eigenvalue weighted by molar-refractivity contribution is -0.155. The highest BCUT2D eigenvalue weighted by molar-refractivity contribution is 6.31. The molecule has 8 aromatic carbocycles. The minimum Gasteiger partial charge on any atom is -0.504 e. The van der Waals surface area contributed by atoms with E-state index in [2.05, 4.69) is 97.4 Å². The van der Waals surface area contributed by atoms with Crippen molar-refractivity contribution in [3.8, 4) is 29.5 Å². The highest BCUT2D eigenvalue weighted by Crippen LogP contribution is 2.51. The van der Waals surface area contributed by atoms with Gasteiger partial charge in [-0.15, -0.1) is 0 Å². The Labute approximate surface area is 778 Å². The number of benzene rings is 6. The molecule has 3 fully saturated rings. The number of carbonyl (C=O) groups is 6.